The summed E-state index contributed by atoms with van der Waals surface area (Å²) >= 11 is 0. The van der Waals surface area contributed by atoms with Crippen LogP contribution in [0, 0.1) is 5.41 Å². The number of aryl methyl sites for hydroxylation is 1. The molecule has 1 amide bonds. The van der Waals surface area contributed by atoms with E-state index in [-0.39, 0.29) is 17.2 Å². The van der Waals surface area contributed by atoms with E-state index < -0.39 is 0 Å². The standard InChI is InChI=1S/C21H25N5O/c1-2-25-14-23-24-19(25)17-12-26(13-21(17)8-3-4-9-21)20(27)16-6-5-15-7-10-22-18(15)11-16/h5-7,10-11,14,17,22H,2-4,8-9,12-13H2,1H3. The molecule has 1 aliphatic heterocycles. The van der Waals surface area contributed by atoms with Crippen LogP contribution in [-0.4, -0.2) is 43.6 Å². The number of nitrogens with zero attached hydrogens (tertiary/aromatic N) is 4. The zero-order chi connectivity index (χ0) is 18.4. The van der Waals surface area contributed by atoms with E-state index in [0.717, 1.165) is 41.9 Å². The Morgan fingerprint density at radius 1 is 1.30 bits per heavy atom. The van der Waals surface area contributed by atoms with Crippen molar-refractivity contribution in [3.8, 4) is 0 Å². The lowest BCUT2D eigenvalue weighted by molar-refractivity contribution is 0.0773. The molecule has 1 N–H and O–H groups in total. The third kappa shape index (κ3) is 2.58. The van der Waals surface area contributed by atoms with Gasteiger partial charge in [-0.3, -0.25) is 4.79 Å². The number of aromatic amines is 1. The van der Waals surface area contributed by atoms with Gasteiger partial charge < -0.3 is 14.5 Å². The predicted molar refractivity (Wildman–Crippen MR) is 104 cm³/mol. The second kappa shape index (κ2) is 6.22. The van der Waals surface area contributed by atoms with Gasteiger partial charge in [0.15, 0.2) is 0 Å². The first-order chi connectivity index (χ1) is 13.2. The number of fused-ring (bicyclic) bond motifs is 1. The summed E-state index contributed by atoms with van der Waals surface area (Å²) < 4.78 is 2.14. The Kier molecular flexibility index (Phi) is 3.81. The van der Waals surface area contributed by atoms with Crippen LogP contribution < -0.4 is 0 Å². The van der Waals surface area contributed by atoms with E-state index in [4.69, 9.17) is 0 Å². The number of carbonyl (C=O) groups excluding carboxylic acids is 1. The second-order valence-corrected chi connectivity index (χ2v) is 8.06. The Bertz CT molecular complexity index is 981. The van der Waals surface area contributed by atoms with Crippen LogP contribution in [0.3, 0.4) is 0 Å². The molecule has 2 aliphatic rings. The molecule has 5 rings (SSSR count). The smallest absolute Gasteiger partial charge is 0.253 e. The lowest BCUT2D eigenvalue weighted by Crippen LogP contribution is -2.31. The maximum atomic E-state index is 13.3. The number of aromatic nitrogens is 4. The Morgan fingerprint density at radius 2 is 2.15 bits per heavy atom. The first kappa shape index (κ1) is 16.5. The molecule has 140 valence electrons. The van der Waals surface area contributed by atoms with Crippen LogP contribution in [0.1, 0.15) is 54.7 Å². The average molecular weight is 363 g/mol. The molecule has 6 nitrogen and oxygen atoms in total. The van der Waals surface area contributed by atoms with Crippen LogP contribution in [0.2, 0.25) is 0 Å². The van der Waals surface area contributed by atoms with Crippen LogP contribution in [0.5, 0.6) is 0 Å². The van der Waals surface area contributed by atoms with Gasteiger partial charge in [0.05, 0.1) is 0 Å². The minimum Gasteiger partial charge on any atom is -0.361 e. The highest BCUT2D eigenvalue weighted by atomic mass is 16.2. The van der Waals surface area contributed by atoms with E-state index in [1.54, 1.807) is 0 Å². The molecule has 1 unspecified atom stereocenters. The number of benzene rings is 1. The average Bonchev–Trinajstić information content (AvgIpc) is 3.48. The first-order valence-electron chi connectivity index (χ1n) is 9.94. The Morgan fingerprint density at radius 3 is 2.96 bits per heavy atom. The van der Waals surface area contributed by atoms with Crippen molar-refractivity contribution in [2.24, 2.45) is 5.41 Å². The van der Waals surface area contributed by atoms with Gasteiger partial charge in [0.2, 0.25) is 0 Å². The van der Waals surface area contributed by atoms with Crippen LogP contribution in [-0.2, 0) is 6.54 Å². The zero-order valence-electron chi connectivity index (χ0n) is 15.7. The van der Waals surface area contributed by atoms with Crippen molar-refractivity contribution in [3.63, 3.8) is 0 Å². The molecule has 3 aromatic rings. The number of nitrogens with one attached hydrogen (secondary N) is 1. The van der Waals surface area contributed by atoms with Gasteiger partial charge in [-0.2, -0.15) is 0 Å². The molecule has 1 spiro atoms. The lowest BCUT2D eigenvalue weighted by Gasteiger charge is -2.29. The molecule has 2 fully saturated rings. The highest BCUT2D eigenvalue weighted by Gasteiger charge is 2.51. The fourth-order valence-electron chi connectivity index (χ4n) is 5.21. The number of hydrogen-bond acceptors (Lipinski definition) is 3. The van der Waals surface area contributed by atoms with Crippen molar-refractivity contribution in [2.75, 3.05) is 13.1 Å². The number of likely N-dealkylation sites (tertiary alicyclic amines) is 1. The van der Waals surface area contributed by atoms with E-state index >= 15 is 0 Å². The van der Waals surface area contributed by atoms with Crippen molar-refractivity contribution >= 4 is 16.8 Å². The van der Waals surface area contributed by atoms with Crippen molar-refractivity contribution in [1.29, 1.82) is 0 Å². The lowest BCUT2D eigenvalue weighted by atomic mass is 9.76. The highest BCUT2D eigenvalue weighted by Crippen LogP contribution is 2.53. The number of hydrogen-bond donors (Lipinski definition) is 1. The monoisotopic (exact) mass is 363 g/mol. The summed E-state index contributed by atoms with van der Waals surface area (Å²) in [5, 5.41) is 9.75. The summed E-state index contributed by atoms with van der Waals surface area (Å²) in [5.74, 6) is 1.46. The van der Waals surface area contributed by atoms with Crippen LogP contribution in [0.15, 0.2) is 36.8 Å². The van der Waals surface area contributed by atoms with Gasteiger partial charge in [0.1, 0.15) is 12.2 Å². The fraction of sp³-hybridized carbons (Fsp3) is 0.476. The molecule has 1 saturated carbocycles. The number of rotatable bonds is 3. The summed E-state index contributed by atoms with van der Waals surface area (Å²) in [4.78, 5) is 18.5. The maximum Gasteiger partial charge on any atom is 0.253 e. The van der Waals surface area contributed by atoms with E-state index in [2.05, 4.69) is 31.6 Å². The molecule has 1 atom stereocenters. The quantitative estimate of drug-likeness (QED) is 0.773. The van der Waals surface area contributed by atoms with Crippen molar-refractivity contribution in [2.45, 2.75) is 45.1 Å². The van der Waals surface area contributed by atoms with E-state index in [9.17, 15) is 4.79 Å². The minimum absolute atomic E-state index is 0.128. The van der Waals surface area contributed by atoms with Gasteiger partial charge in [-0.25, -0.2) is 0 Å². The molecule has 1 aliphatic carbocycles. The SMILES string of the molecule is CCn1cnnc1C1CN(C(=O)c2ccc3cc[nH]c3c2)CC12CCCC2. The van der Waals surface area contributed by atoms with E-state index in [0.29, 0.717) is 0 Å². The second-order valence-electron chi connectivity index (χ2n) is 8.06. The molecule has 1 aromatic carbocycles. The van der Waals surface area contributed by atoms with Crippen molar-refractivity contribution < 1.29 is 4.79 Å². The fourth-order valence-corrected chi connectivity index (χ4v) is 5.21. The van der Waals surface area contributed by atoms with Crippen molar-refractivity contribution in [3.05, 3.63) is 48.2 Å². The third-order valence-electron chi connectivity index (χ3n) is 6.63. The third-order valence-corrected chi connectivity index (χ3v) is 6.63. The van der Waals surface area contributed by atoms with Crippen LogP contribution >= 0.6 is 0 Å². The Labute approximate surface area is 158 Å². The largest absolute Gasteiger partial charge is 0.361 e. The zero-order valence-corrected chi connectivity index (χ0v) is 15.7. The van der Waals surface area contributed by atoms with Gasteiger partial charge in [0.25, 0.3) is 5.91 Å². The van der Waals surface area contributed by atoms with Crippen LogP contribution in [0.25, 0.3) is 10.9 Å². The van der Waals surface area contributed by atoms with E-state index in [1.807, 2.05) is 36.8 Å². The Hall–Kier alpha value is -2.63. The minimum atomic E-state index is 0.128. The maximum absolute atomic E-state index is 13.3. The van der Waals surface area contributed by atoms with Crippen molar-refractivity contribution in [1.82, 2.24) is 24.6 Å². The van der Waals surface area contributed by atoms with Gasteiger partial charge in [-0.15, -0.1) is 10.2 Å². The van der Waals surface area contributed by atoms with Gasteiger partial charge >= 0.3 is 0 Å². The molecular weight excluding hydrogens is 338 g/mol. The molecular formula is C21H25N5O. The van der Waals surface area contributed by atoms with E-state index in [1.165, 1.54) is 25.7 Å². The molecule has 0 bridgehead atoms. The summed E-state index contributed by atoms with van der Waals surface area (Å²) in [6.07, 6.45) is 8.57. The molecule has 6 heteroatoms. The first-order valence-corrected chi connectivity index (χ1v) is 9.94. The number of H-pyrrole nitrogens is 1. The van der Waals surface area contributed by atoms with Gasteiger partial charge in [0, 0.05) is 42.8 Å². The molecule has 2 aromatic heterocycles. The van der Waals surface area contributed by atoms with Gasteiger partial charge in [-0.05, 0) is 48.8 Å². The summed E-state index contributed by atoms with van der Waals surface area (Å²) in [6.45, 7) is 4.56. The van der Waals surface area contributed by atoms with Crippen LogP contribution in [0.4, 0.5) is 0 Å². The summed E-state index contributed by atoms with van der Waals surface area (Å²) in [7, 11) is 0. The molecule has 1 saturated heterocycles. The number of amides is 1. The molecule has 0 radical (unpaired) electrons. The predicted octanol–water partition coefficient (Wildman–Crippen LogP) is 3.58. The Balaban J connectivity index is 1.48. The number of carbonyl (C=O) groups is 1. The highest BCUT2D eigenvalue weighted by molar-refractivity contribution is 5.98. The topological polar surface area (TPSA) is 66.8 Å². The normalized spacial score (nSPS) is 21.5. The molecule has 3 heterocycles. The summed E-state index contributed by atoms with van der Waals surface area (Å²) in [6, 6.07) is 7.97. The summed E-state index contributed by atoms with van der Waals surface area (Å²) in [5.41, 5.74) is 1.93. The molecule has 27 heavy (non-hydrogen) atoms. The van der Waals surface area contributed by atoms with Gasteiger partial charge in [-0.1, -0.05) is 18.9 Å².